The van der Waals surface area contributed by atoms with E-state index in [1.165, 1.54) is 7.11 Å². The highest BCUT2D eigenvalue weighted by Gasteiger charge is 2.21. The number of rotatable bonds is 4. The number of nitrogens with zero attached hydrogens (tertiary/aromatic N) is 1. The van der Waals surface area contributed by atoms with Gasteiger partial charge in [-0.1, -0.05) is 30.3 Å². The molecule has 0 aliphatic rings. The lowest BCUT2D eigenvalue weighted by Crippen LogP contribution is -2.14. The second kappa shape index (κ2) is 7.07. The number of benzene rings is 1. The summed E-state index contributed by atoms with van der Waals surface area (Å²) in [4.78, 5) is 15.6. The smallest absolute Gasteiger partial charge is 0.360 e. The Bertz CT molecular complexity index is 569. The van der Waals surface area contributed by atoms with Crippen LogP contribution in [0.4, 0.5) is 0 Å². The van der Waals surface area contributed by atoms with E-state index in [-0.39, 0.29) is 24.1 Å². The van der Waals surface area contributed by atoms with Crippen LogP contribution >= 0.6 is 12.4 Å². The lowest BCUT2D eigenvalue weighted by molar-refractivity contribution is 0.0593. The van der Waals surface area contributed by atoms with Crippen LogP contribution in [0.5, 0.6) is 0 Å². The number of esters is 1. The van der Waals surface area contributed by atoms with Crippen LogP contribution in [0.15, 0.2) is 34.7 Å². The molecule has 0 saturated carbocycles. The molecular weight excluding hydrogens is 280 g/mol. The summed E-state index contributed by atoms with van der Waals surface area (Å²) in [6.07, 6.45) is 0.599. The number of oxazole rings is 1. The largest absolute Gasteiger partial charge is 0.464 e. The number of halogens is 1. The van der Waals surface area contributed by atoms with Crippen molar-refractivity contribution in [3.05, 3.63) is 53.2 Å². The highest BCUT2D eigenvalue weighted by Crippen LogP contribution is 2.19. The molecule has 1 aromatic carbocycles. The number of nitrogens with two attached hydrogens (primary N) is 1. The standard InChI is InChI=1S/C14H16N2O3.ClH/c1-9-12(14(17)18-2)16-13(19-9)11(15)8-10-6-4-3-5-7-10;/h3-7,11H,8,15H2,1-2H3;1H/t11-;/m0./s1. The number of carbonyl (C=O) groups excluding carboxylic acids is 1. The minimum Gasteiger partial charge on any atom is -0.464 e. The molecule has 0 radical (unpaired) electrons. The van der Waals surface area contributed by atoms with Crippen molar-refractivity contribution in [2.75, 3.05) is 7.11 Å². The maximum Gasteiger partial charge on any atom is 0.360 e. The lowest BCUT2D eigenvalue weighted by atomic mass is 10.1. The Morgan fingerprint density at radius 1 is 1.40 bits per heavy atom. The van der Waals surface area contributed by atoms with Gasteiger partial charge in [-0.2, -0.15) is 0 Å². The zero-order valence-electron chi connectivity index (χ0n) is 11.3. The van der Waals surface area contributed by atoms with Crippen LogP contribution in [-0.4, -0.2) is 18.1 Å². The van der Waals surface area contributed by atoms with Gasteiger partial charge in [-0.3, -0.25) is 0 Å². The molecule has 1 aromatic heterocycles. The van der Waals surface area contributed by atoms with E-state index in [9.17, 15) is 4.79 Å². The number of hydrogen-bond donors (Lipinski definition) is 1. The van der Waals surface area contributed by atoms with Gasteiger partial charge in [0.25, 0.3) is 0 Å². The van der Waals surface area contributed by atoms with Gasteiger partial charge in [0.05, 0.1) is 13.2 Å². The SMILES string of the molecule is COC(=O)c1nc([C@@H](N)Cc2ccccc2)oc1C.Cl. The number of hydrogen-bond acceptors (Lipinski definition) is 5. The molecule has 0 aliphatic heterocycles. The number of aromatic nitrogens is 1. The molecule has 6 heteroatoms. The Labute approximate surface area is 123 Å². The molecule has 2 rings (SSSR count). The van der Waals surface area contributed by atoms with E-state index < -0.39 is 5.97 Å². The average Bonchev–Trinajstić information content (AvgIpc) is 2.81. The summed E-state index contributed by atoms with van der Waals surface area (Å²) in [6, 6.07) is 9.42. The van der Waals surface area contributed by atoms with Crippen molar-refractivity contribution in [1.82, 2.24) is 4.98 Å². The fourth-order valence-electron chi connectivity index (χ4n) is 1.82. The summed E-state index contributed by atoms with van der Waals surface area (Å²) in [5, 5.41) is 0. The number of ether oxygens (including phenoxy) is 1. The summed E-state index contributed by atoms with van der Waals surface area (Å²) in [7, 11) is 1.31. The first-order valence-electron chi connectivity index (χ1n) is 5.97. The van der Waals surface area contributed by atoms with Crippen LogP contribution in [0.3, 0.4) is 0 Å². The molecule has 0 fully saturated rings. The zero-order valence-corrected chi connectivity index (χ0v) is 12.1. The van der Waals surface area contributed by atoms with Crippen LogP contribution in [0.2, 0.25) is 0 Å². The molecule has 0 bridgehead atoms. The Morgan fingerprint density at radius 3 is 2.65 bits per heavy atom. The molecule has 0 spiro atoms. The van der Waals surface area contributed by atoms with Crippen molar-refractivity contribution in [3.63, 3.8) is 0 Å². The van der Waals surface area contributed by atoms with Crippen molar-refractivity contribution in [2.45, 2.75) is 19.4 Å². The molecule has 0 aliphatic carbocycles. The van der Waals surface area contributed by atoms with Crippen LogP contribution < -0.4 is 5.73 Å². The van der Waals surface area contributed by atoms with Gasteiger partial charge in [-0.05, 0) is 18.9 Å². The Hall–Kier alpha value is -1.85. The van der Waals surface area contributed by atoms with E-state index in [4.69, 9.17) is 10.2 Å². The summed E-state index contributed by atoms with van der Waals surface area (Å²) in [6.45, 7) is 1.66. The topological polar surface area (TPSA) is 78.3 Å². The molecular formula is C14H17ClN2O3. The van der Waals surface area contributed by atoms with Gasteiger partial charge in [-0.15, -0.1) is 12.4 Å². The third kappa shape index (κ3) is 3.59. The second-order valence-corrected chi connectivity index (χ2v) is 4.24. The average molecular weight is 297 g/mol. The van der Waals surface area contributed by atoms with E-state index in [2.05, 4.69) is 9.72 Å². The van der Waals surface area contributed by atoms with Gasteiger partial charge < -0.3 is 14.9 Å². The third-order valence-electron chi connectivity index (χ3n) is 2.81. The Morgan fingerprint density at radius 2 is 2.05 bits per heavy atom. The lowest BCUT2D eigenvalue weighted by Gasteiger charge is -2.06. The quantitative estimate of drug-likeness (QED) is 0.877. The molecule has 20 heavy (non-hydrogen) atoms. The highest BCUT2D eigenvalue weighted by atomic mass is 35.5. The highest BCUT2D eigenvalue weighted by molar-refractivity contribution is 5.88. The minimum atomic E-state index is -0.514. The van der Waals surface area contributed by atoms with Crippen LogP contribution in [0.25, 0.3) is 0 Å². The second-order valence-electron chi connectivity index (χ2n) is 4.24. The van der Waals surface area contributed by atoms with Crippen LogP contribution in [0.1, 0.15) is 33.7 Å². The molecule has 108 valence electrons. The molecule has 1 atom stereocenters. The van der Waals surface area contributed by atoms with Crippen molar-refractivity contribution >= 4 is 18.4 Å². The van der Waals surface area contributed by atoms with Crippen molar-refractivity contribution in [1.29, 1.82) is 0 Å². The van der Waals surface area contributed by atoms with Gasteiger partial charge in [0.2, 0.25) is 5.89 Å². The van der Waals surface area contributed by atoms with Gasteiger partial charge in [0.1, 0.15) is 5.76 Å². The summed E-state index contributed by atoms with van der Waals surface area (Å²) in [5.41, 5.74) is 7.31. The van der Waals surface area contributed by atoms with Gasteiger partial charge in [0.15, 0.2) is 5.69 Å². The molecule has 5 nitrogen and oxygen atoms in total. The maximum atomic E-state index is 11.4. The van der Waals surface area contributed by atoms with Crippen molar-refractivity contribution in [3.8, 4) is 0 Å². The van der Waals surface area contributed by atoms with E-state index in [0.29, 0.717) is 18.1 Å². The molecule has 2 aromatic rings. The van der Waals surface area contributed by atoms with E-state index in [0.717, 1.165) is 5.56 Å². The van der Waals surface area contributed by atoms with Gasteiger partial charge in [0, 0.05) is 0 Å². The van der Waals surface area contributed by atoms with Gasteiger partial charge >= 0.3 is 5.97 Å². The monoisotopic (exact) mass is 296 g/mol. The number of aryl methyl sites for hydroxylation is 1. The van der Waals surface area contributed by atoms with Crippen molar-refractivity contribution in [2.24, 2.45) is 5.73 Å². The van der Waals surface area contributed by atoms with Crippen LogP contribution in [-0.2, 0) is 11.2 Å². The molecule has 0 unspecified atom stereocenters. The summed E-state index contributed by atoms with van der Waals surface area (Å²) >= 11 is 0. The van der Waals surface area contributed by atoms with E-state index >= 15 is 0 Å². The molecule has 0 saturated heterocycles. The van der Waals surface area contributed by atoms with Gasteiger partial charge in [-0.25, -0.2) is 9.78 Å². The fraction of sp³-hybridized carbons (Fsp3) is 0.286. The summed E-state index contributed by atoms with van der Waals surface area (Å²) in [5.74, 6) is 0.256. The first kappa shape index (κ1) is 16.2. The van der Waals surface area contributed by atoms with E-state index in [1.807, 2.05) is 30.3 Å². The molecule has 1 heterocycles. The first-order chi connectivity index (χ1) is 9.11. The molecule has 0 amide bonds. The normalized spacial score (nSPS) is 11.6. The first-order valence-corrected chi connectivity index (χ1v) is 5.97. The predicted molar refractivity (Wildman–Crippen MR) is 76.9 cm³/mol. The molecule has 2 N–H and O–H groups in total. The Balaban J connectivity index is 0.00000200. The minimum absolute atomic E-state index is 0. The fourth-order valence-corrected chi connectivity index (χ4v) is 1.82. The Kier molecular flexibility index (Phi) is 5.73. The zero-order chi connectivity index (χ0) is 13.8. The maximum absolute atomic E-state index is 11.4. The predicted octanol–water partition coefficient (Wildman–Crippen LogP) is 2.43. The van der Waals surface area contributed by atoms with E-state index in [1.54, 1.807) is 6.92 Å². The van der Waals surface area contributed by atoms with Crippen LogP contribution in [0, 0.1) is 6.92 Å². The number of carbonyl (C=O) groups is 1. The third-order valence-corrected chi connectivity index (χ3v) is 2.81. The summed E-state index contributed by atoms with van der Waals surface area (Å²) < 4.78 is 10.1. The number of methoxy groups -OCH3 is 1. The van der Waals surface area contributed by atoms with Crippen molar-refractivity contribution < 1.29 is 13.9 Å².